The van der Waals surface area contributed by atoms with Crippen LogP contribution in [0.5, 0.6) is 0 Å². The molecule has 1 N–H and O–H groups in total. The zero-order chi connectivity index (χ0) is 15.3. The van der Waals surface area contributed by atoms with Crippen molar-refractivity contribution in [2.45, 2.75) is 71.5 Å². The number of nitrogens with one attached hydrogen (secondary N) is 1. The molecule has 0 spiro atoms. The van der Waals surface area contributed by atoms with Crippen LogP contribution in [0.1, 0.15) is 58.1 Å². The predicted octanol–water partition coefficient (Wildman–Crippen LogP) is 3.99. The van der Waals surface area contributed by atoms with E-state index < -0.39 is 0 Å². The molecule has 0 aliphatic carbocycles. The summed E-state index contributed by atoms with van der Waals surface area (Å²) in [6, 6.07) is 9.85. The second-order valence-corrected chi connectivity index (χ2v) is 6.47. The van der Waals surface area contributed by atoms with E-state index in [1.807, 2.05) is 0 Å². The maximum absolute atomic E-state index is 3.75. The van der Waals surface area contributed by atoms with E-state index in [1.165, 1.54) is 36.9 Å². The summed E-state index contributed by atoms with van der Waals surface area (Å²) >= 11 is 0. The highest BCUT2D eigenvalue weighted by molar-refractivity contribution is 5.23. The van der Waals surface area contributed by atoms with E-state index in [0.717, 1.165) is 19.5 Å². The first-order valence-corrected chi connectivity index (χ1v) is 8.73. The third kappa shape index (κ3) is 3.67. The van der Waals surface area contributed by atoms with Gasteiger partial charge in [-0.2, -0.15) is 0 Å². The molecule has 1 heterocycles. The van der Waals surface area contributed by atoms with Gasteiger partial charge in [-0.1, -0.05) is 52.0 Å². The van der Waals surface area contributed by atoms with Crippen LogP contribution in [0.25, 0.3) is 0 Å². The molecule has 1 unspecified atom stereocenters. The van der Waals surface area contributed by atoms with Crippen LogP contribution < -0.4 is 5.32 Å². The summed E-state index contributed by atoms with van der Waals surface area (Å²) in [6.45, 7) is 12.6. The van der Waals surface area contributed by atoms with Crippen molar-refractivity contribution in [3.8, 4) is 0 Å². The molecular weight excluding hydrogens is 256 g/mol. The van der Waals surface area contributed by atoms with Gasteiger partial charge in [0.1, 0.15) is 0 Å². The molecule has 1 aromatic rings. The van der Waals surface area contributed by atoms with Gasteiger partial charge < -0.3 is 5.32 Å². The number of hydrogen-bond donors (Lipinski definition) is 1. The molecule has 1 aromatic carbocycles. The fourth-order valence-corrected chi connectivity index (χ4v) is 3.52. The first-order chi connectivity index (χ1) is 10.2. The molecule has 1 atom stereocenters. The standard InChI is InChI=1S/C19H32N2/c1-5-16-9-11-17(12-10-16)13-21-14-18(6-2)20-15-19(21,7-3)8-4/h9-12,18,20H,5-8,13-15H2,1-4H3. The average molecular weight is 288 g/mol. The molecule has 21 heavy (non-hydrogen) atoms. The lowest BCUT2D eigenvalue weighted by atomic mass is 9.86. The molecule has 0 radical (unpaired) electrons. The van der Waals surface area contributed by atoms with Crippen molar-refractivity contribution in [3.63, 3.8) is 0 Å². The number of nitrogens with zero attached hydrogens (tertiary/aromatic N) is 1. The van der Waals surface area contributed by atoms with Gasteiger partial charge in [-0.15, -0.1) is 0 Å². The van der Waals surface area contributed by atoms with Crippen molar-refractivity contribution >= 4 is 0 Å². The predicted molar refractivity (Wildman–Crippen MR) is 91.6 cm³/mol. The molecule has 1 fully saturated rings. The maximum atomic E-state index is 3.75. The van der Waals surface area contributed by atoms with E-state index in [-0.39, 0.29) is 0 Å². The Balaban J connectivity index is 2.14. The first-order valence-electron chi connectivity index (χ1n) is 8.73. The Morgan fingerprint density at radius 3 is 2.19 bits per heavy atom. The second-order valence-electron chi connectivity index (χ2n) is 6.47. The van der Waals surface area contributed by atoms with Crippen molar-refractivity contribution in [1.82, 2.24) is 10.2 Å². The summed E-state index contributed by atoms with van der Waals surface area (Å²) in [4.78, 5) is 2.73. The lowest BCUT2D eigenvalue weighted by Gasteiger charge is -2.49. The monoisotopic (exact) mass is 288 g/mol. The molecule has 2 heteroatoms. The quantitative estimate of drug-likeness (QED) is 0.851. The third-order valence-electron chi connectivity index (χ3n) is 5.45. The molecule has 1 saturated heterocycles. The number of benzene rings is 1. The molecule has 118 valence electrons. The summed E-state index contributed by atoms with van der Waals surface area (Å²) in [6.07, 6.45) is 4.79. The molecule has 1 aliphatic rings. The van der Waals surface area contributed by atoms with Crippen LogP contribution in [0.3, 0.4) is 0 Å². The number of hydrogen-bond acceptors (Lipinski definition) is 2. The van der Waals surface area contributed by atoms with Crippen molar-refractivity contribution in [2.75, 3.05) is 13.1 Å². The van der Waals surface area contributed by atoms with Gasteiger partial charge in [0.15, 0.2) is 0 Å². The summed E-state index contributed by atoms with van der Waals surface area (Å²) < 4.78 is 0. The Bertz CT molecular complexity index is 420. The van der Waals surface area contributed by atoms with Crippen LogP contribution in [-0.2, 0) is 13.0 Å². The van der Waals surface area contributed by atoms with E-state index in [1.54, 1.807) is 0 Å². The second kappa shape index (κ2) is 7.42. The summed E-state index contributed by atoms with van der Waals surface area (Å²) in [7, 11) is 0. The van der Waals surface area contributed by atoms with Crippen molar-refractivity contribution in [1.29, 1.82) is 0 Å². The largest absolute Gasteiger partial charge is 0.311 e. The highest BCUT2D eigenvalue weighted by Gasteiger charge is 2.38. The van der Waals surface area contributed by atoms with Gasteiger partial charge in [0.25, 0.3) is 0 Å². The summed E-state index contributed by atoms with van der Waals surface area (Å²) in [5, 5.41) is 3.75. The zero-order valence-electron chi connectivity index (χ0n) is 14.3. The van der Waals surface area contributed by atoms with Gasteiger partial charge in [-0.3, -0.25) is 4.90 Å². The van der Waals surface area contributed by atoms with Crippen LogP contribution >= 0.6 is 0 Å². The molecule has 0 aromatic heterocycles. The number of aryl methyl sites for hydroxylation is 1. The van der Waals surface area contributed by atoms with Crippen molar-refractivity contribution in [2.24, 2.45) is 0 Å². The topological polar surface area (TPSA) is 15.3 Å². The van der Waals surface area contributed by atoms with Crippen LogP contribution in [0.15, 0.2) is 24.3 Å². The Hall–Kier alpha value is -0.860. The first kappa shape index (κ1) is 16.5. The normalized spacial score (nSPS) is 22.4. The van der Waals surface area contributed by atoms with E-state index >= 15 is 0 Å². The lowest BCUT2D eigenvalue weighted by Crippen LogP contribution is -2.63. The Kier molecular flexibility index (Phi) is 5.83. The molecule has 0 saturated carbocycles. The average Bonchev–Trinajstić information content (AvgIpc) is 2.55. The van der Waals surface area contributed by atoms with Crippen LogP contribution in [0.2, 0.25) is 0 Å². The molecule has 0 amide bonds. The minimum Gasteiger partial charge on any atom is -0.311 e. The van der Waals surface area contributed by atoms with Gasteiger partial charge in [-0.25, -0.2) is 0 Å². The molecular formula is C19H32N2. The molecule has 0 bridgehead atoms. The Morgan fingerprint density at radius 2 is 1.67 bits per heavy atom. The fraction of sp³-hybridized carbons (Fsp3) is 0.684. The maximum Gasteiger partial charge on any atom is 0.0333 e. The molecule has 1 aliphatic heterocycles. The zero-order valence-corrected chi connectivity index (χ0v) is 14.3. The van der Waals surface area contributed by atoms with Crippen LogP contribution in [-0.4, -0.2) is 29.6 Å². The smallest absolute Gasteiger partial charge is 0.0333 e. The van der Waals surface area contributed by atoms with Gasteiger partial charge in [0, 0.05) is 31.2 Å². The third-order valence-corrected chi connectivity index (χ3v) is 5.45. The number of rotatable bonds is 6. The Labute approximate surface area is 130 Å². The minimum atomic E-state index is 0.328. The fourth-order valence-electron chi connectivity index (χ4n) is 3.52. The van der Waals surface area contributed by atoms with E-state index in [0.29, 0.717) is 11.6 Å². The number of piperazine rings is 1. The van der Waals surface area contributed by atoms with Gasteiger partial charge in [-0.05, 0) is 36.8 Å². The van der Waals surface area contributed by atoms with Crippen LogP contribution in [0, 0.1) is 0 Å². The van der Waals surface area contributed by atoms with Gasteiger partial charge >= 0.3 is 0 Å². The van der Waals surface area contributed by atoms with E-state index in [9.17, 15) is 0 Å². The van der Waals surface area contributed by atoms with Crippen LogP contribution in [0.4, 0.5) is 0 Å². The van der Waals surface area contributed by atoms with Crippen molar-refractivity contribution in [3.05, 3.63) is 35.4 Å². The molecule has 2 rings (SSSR count). The highest BCUT2D eigenvalue weighted by Crippen LogP contribution is 2.29. The molecule has 2 nitrogen and oxygen atoms in total. The SMILES string of the molecule is CCc1ccc(CN2CC(CC)NCC2(CC)CC)cc1. The highest BCUT2D eigenvalue weighted by atomic mass is 15.3. The van der Waals surface area contributed by atoms with Gasteiger partial charge in [0.2, 0.25) is 0 Å². The van der Waals surface area contributed by atoms with E-state index in [4.69, 9.17) is 0 Å². The summed E-state index contributed by atoms with van der Waals surface area (Å²) in [5.41, 5.74) is 3.22. The summed E-state index contributed by atoms with van der Waals surface area (Å²) in [5.74, 6) is 0. The Morgan fingerprint density at radius 1 is 1.05 bits per heavy atom. The lowest BCUT2D eigenvalue weighted by molar-refractivity contribution is 0.0238. The van der Waals surface area contributed by atoms with E-state index in [2.05, 4.69) is 62.2 Å². The van der Waals surface area contributed by atoms with Gasteiger partial charge in [0.05, 0.1) is 0 Å². The minimum absolute atomic E-state index is 0.328. The van der Waals surface area contributed by atoms with Crippen molar-refractivity contribution < 1.29 is 0 Å².